The molecule has 3 N–H and O–H groups in total. The molecule has 4 rings (SSSR count). The average Bonchev–Trinajstić information content (AvgIpc) is 2.75. The number of nitrogens with one attached hydrogen (secondary N) is 3. The number of hydrogen-bond donors (Lipinski definition) is 3. The first-order valence-corrected chi connectivity index (χ1v) is 10.2. The van der Waals surface area contributed by atoms with Gasteiger partial charge in [-0.05, 0) is 73.4 Å². The molecule has 0 spiro atoms. The van der Waals surface area contributed by atoms with E-state index in [9.17, 15) is 4.39 Å². The van der Waals surface area contributed by atoms with Gasteiger partial charge in [-0.25, -0.2) is 9.40 Å². The summed E-state index contributed by atoms with van der Waals surface area (Å²) in [6.07, 6.45) is 7.21. The van der Waals surface area contributed by atoms with Crippen LogP contribution >= 0.6 is 0 Å². The van der Waals surface area contributed by atoms with Gasteiger partial charge in [0.1, 0.15) is 5.82 Å². The molecule has 5 heteroatoms. The lowest BCUT2D eigenvalue weighted by Crippen LogP contribution is -2.47. The summed E-state index contributed by atoms with van der Waals surface area (Å²) in [5.74, 6) is -0.261. The van der Waals surface area contributed by atoms with Crippen LogP contribution in [0, 0.1) is 23.6 Å². The van der Waals surface area contributed by atoms with Crippen LogP contribution in [0.25, 0.3) is 0 Å². The number of halogens is 1. The Balaban J connectivity index is 1.56. The van der Waals surface area contributed by atoms with Crippen LogP contribution in [0.5, 0.6) is 0 Å². The Kier molecular flexibility index (Phi) is 5.55. The lowest BCUT2D eigenvalue weighted by atomic mass is 9.68. The molecule has 0 amide bonds. The summed E-state index contributed by atoms with van der Waals surface area (Å²) in [5.41, 5.74) is 9.58. The molecule has 1 fully saturated rings. The van der Waals surface area contributed by atoms with Gasteiger partial charge in [-0.3, -0.25) is 0 Å². The van der Waals surface area contributed by atoms with Crippen LogP contribution < -0.4 is 10.7 Å². The first kappa shape index (κ1) is 20.1. The molecule has 1 aliphatic carbocycles. The number of piperidine rings is 1. The average molecular weight is 403 g/mol. The van der Waals surface area contributed by atoms with Gasteiger partial charge in [-0.15, -0.1) is 6.58 Å². The van der Waals surface area contributed by atoms with Crippen LogP contribution in [-0.4, -0.2) is 24.3 Å². The lowest BCUT2D eigenvalue weighted by molar-refractivity contribution is 0.203. The Morgan fingerprint density at radius 2 is 1.97 bits per heavy atom. The fourth-order valence-electron chi connectivity index (χ4n) is 4.31. The number of rotatable bonds is 6. The highest BCUT2D eigenvalue weighted by atomic mass is 19.1. The van der Waals surface area contributed by atoms with Crippen molar-refractivity contribution in [1.29, 1.82) is 5.41 Å². The molecule has 154 valence electrons. The summed E-state index contributed by atoms with van der Waals surface area (Å²) in [6, 6.07) is 14.7. The maximum Gasteiger partial charge on any atom is 0.123 e. The molecule has 4 nitrogen and oxygen atoms in total. The van der Waals surface area contributed by atoms with E-state index < -0.39 is 0 Å². The smallest absolute Gasteiger partial charge is 0.123 e. The maximum atomic E-state index is 13.2. The van der Waals surface area contributed by atoms with Crippen molar-refractivity contribution in [3.05, 3.63) is 95.5 Å². The molecule has 1 heterocycles. The Hall–Kier alpha value is -3.18. The summed E-state index contributed by atoms with van der Waals surface area (Å²) >= 11 is 0. The number of hydrogen-bond acceptors (Lipinski definition) is 4. The van der Waals surface area contributed by atoms with Gasteiger partial charge in [0, 0.05) is 41.8 Å². The summed E-state index contributed by atoms with van der Waals surface area (Å²) in [5, 5.41) is 13.6. The molecule has 0 radical (unpaired) electrons. The Morgan fingerprint density at radius 1 is 1.17 bits per heavy atom. The predicted molar refractivity (Wildman–Crippen MR) is 122 cm³/mol. The predicted octanol–water partition coefficient (Wildman–Crippen LogP) is 5.68. The number of anilines is 2. The van der Waals surface area contributed by atoms with Crippen molar-refractivity contribution in [2.45, 2.75) is 19.8 Å². The third kappa shape index (κ3) is 4.07. The third-order valence-electron chi connectivity index (χ3n) is 5.93. The van der Waals surface area contributed by atoms with Gasteiger partial charge in [0.15, 0.2) is 0 Å². The van der Waals surface area contributed by atoms with Crippen molar-refractivity contribution in [2.75, 3.05) is 23.8 Å². The standard InChI is InChI=1S/C25H27FN4/c1-3-25-15-19(16-27)24(28-22-9-7-21(26)8-10-22)14-20(25)11-12-30(17-25)29-23-6-4-5-18(2)13-23/h3-10,13-14,16,27-29H,1,11-12,15,17H2,2H3. The summed E-state index contributed by atoms with van der Waals surface area (Å²) in [6.45, 7) is 7.91. The van der Waals surface area contributed by atoms with Crippen LogP contribution in [0.15, 0.2) is 84.1 Å². The number of nitrogens with zero attached hydrogens (tertiary/aromatic N) is 1. The highest BCUT2D eigenvalue weighted by Gasteiger charge is 2.40. The van der Waals surface area contributed by atoms with E-state index in [2.05, 4.69) is 59.6 Å². The van der Waals surface area contributed by atoms with E-state index in [-0.39, 0.29) is 11.2 Å². The molecule has 1 unspecified atom stereocenters. The molecule has 2 aliphatic rings. The summed E-state index contributed by atoms with van der Waals surface area (Å²) in [4.78, 5) is 0. The second-order valence-electron chi connectivity index (χ2n) is 8.07. The second-order valence-corrected chi connectivity index (χ2v) is 8.07. The fraction of sp³-hybridized carbons (Fsp3) is 0.240. The van der Waals surface area contributed by atoms with Crippen LogP contribution in [0.1, 0.15) is 18.4 Å². The molecule has 1 aliphatic heterocycles. The van der Waals surface area contributed by atoms with E-state index in [1.54, 1.807) is 12.1 Å². The summed E-state index contributed by atoms with van der Waals surface area (Å²) in [7, 11) is 0. The first-order valence-electron chi connectivity index (χ1n) is 10.2. The summed E-state index contributed by atoms with van der Waals surface area (Å²) < 4.78 is 13.2. The molecule has 2 aromatic carbocycles. The topological polar surface area (TPSA) is 51.2 Å². The van der Waals surface area contributed by atoms with Gasteiger partial charge >= 0.3 is 0 Å². The minimum Gasteiger partial charge on any atom is -0.355 e. The molecule has 30 heavy (non-hydrogen) atoms. The highest BCUT2D eigenvalue weighted by Crippen LogP contribution is 2.45. The maximum absolute atomic E-state index is 13.2. The SMILES string of the molecule is C=CC12CC(C=N)=C(Nc3ccc(F)cc3)C=C1CCN(Nc1cccc(C)c1)C2. The second kappa shape index (κ2) is 8.28. The molecule has 0 aromatic heterocycles. The van der Waals surface area contributed by atoms with Crippen LogP contribution in [0.2, 0.25) is 0 Å². The molecule has 1 saturated heterocycles. The Morgan fingerprint density at radius 3 is 2.67 bits per heavy atom. The van der Waals surface area contributed by atoms with Crippen molar-refractivity contribution in [3.8, 4) is 0 Å². The van der Waals surface area contributed by atoms with Crippen molar-refractivity contribution >= 4 is 17.6 Å². The normalized spacial score (nSPS) is 21.5. The van der Waals surface area contributed by atoms with Crippen LogP contribution in [-0.2, 0) is 0 Å². The van der Waals surface area contributed by atoms with E-state index in [0.29, 0.717) is 6.42 Å². The fourth-order valence-corrected chi connectivity index (χ4v) is 4.31. The molecule has 0 saturated carbocycles. The zero-order valence-corrected chi connectivity index (χ0v) is 17.2. The van der Waals surface area contributed by atoms with Gasteiger partial charge < -0.3 is 16.2 Å². The number of aryl methyl sites for hydroxylation is 1. The molecule has 0 bridgehead atoms. The lowest BCUT2D eigenvalue weighted by Gasteiger charge is -2.45. The van der Waals surface area contributed by atoms with E-state index in [4.69, 9.17) is 5.41 Å². The molecular formula is C25H27FN4. The molecule has 1 atom stereocenters. The number of allylic oxidation sites excluding steroid dienone is 2. The van der Waals surface area contributed by atoms with Crippen molar-refractivity contribution in [3.63, 3.8) is 0 Å². The van der Waals surface area contributed by atoms with Gasteiger partial charge in [-0.1, -0.05) is 23.8 Å². The number of fused-ring (bicyclic) bond motifs is 1. The largest absolute Gasteiger partial charge is 0.355 e. The van der Waals surface area contributed by atoms with Gasteiger partial charge in [-0.2, -0.15) is 0 Å². The zero-order chi connectivity index (χ0) is 21.1. The van der Waals surface area contributed by atoms with E-state index in [1.807, 2.05) is 6.08 Å². The quantitative estimate of drug-likeness (QED) is 0.430. The first-order chi connectivity index (χ1) is 14.5. The minimum absolute atomic E-state index is 0.212. The third-order valence-corrected chi connectivity index (χ3v) is 5.93. The van der Waals surface area contributed by atoms with Gasteiger partial charge in [0.05, 0.1) is 0 Å². The van der Waals surface area contributed by atoms with E-state index >= 15 is 0 Å². The van der Waals surface area contributed by atoms with Crippen LogP contribution in [0.3, 0.4) is 0 Å². The molecular weight excluding hydrogens is 375 g/mol. The number of hydrazine groups is 1. The molecule has 2 aromatic rings. The van der Waals surface area contributed by atoms with Crippen molar-refractivity contribution in [1.82, 2.24) is 5.01 Å². The van der Waals surface area contributed by atoms with Crippen LogP contribution in [0.4, 0.5) is 15.8 Å². The van der Waals surface area contributed by atoms with E-state index in [1.165, 1.54) is 29.5 Å². The number of benzene rings is 2. The Bertz CT molecular complexity index is 1020. The minimum atomic E-state index is -0.261. The van der Waals surface area contributed by atoms with E-state index in [0.717, 1.165) is 42.2 Å². The monoisotopic (exact) mass is 402 g/mol. The van der Waals surface area contributed by atoms with Gasteiger partial charge in [0.25, 0.3) is 0 Å². The van der Waals surface area contributed by atoms with Crippen molar-refractivity contribution < 1.29 is 4.39 Å². The zero-order valence-electron chi connectivity index (χ0n) is 17.2. The van der Waals surface area contributed by atoms with Crippen molar-refractivity contribution in [2.24, 2.45) is 5.41 Å². The van der Waals surface area contributed by atoms with Gasteiger partial charge in [0.2, 0.25) is 0 Å². The highest BCUT2D eigenvalue weighted by molar-refractivity contribution is 5.81. The Labute approximate surface area is 177 Å².